The molecule has 0 saturated carbocycles. The number of hydrogen-bond acceptors (Lipinski definition) is 4. The Morgan fingerprint density at radius 3 is 2.78 bits per heavy atom. The highest BCUT2D eigenvalue weighted by Gasteiger charge is 2.23. The number of carbonyl (C=O) groups excluding carboxylic acids is 1. The van der Waals surface area contributed by atoms with Gasteiger partial charge in [0.1, 0.15) is 0 Å². The molecule has 5 heteroatoms. The van der Waals surface area contributed by atoms with Crippen molar-refractivity contribution in [1.82, 2.24) is 20.4 Å². The number of amides is 1. The molecule has 5 nitrogen and oxygen atoms in total. The van der Waals surface area contributed by atoms with Crippen LogP contribution in [0.15, 0.2) is 0 Å². The number of piperazine rings is 1. The Morgan fingerprint density at radius 1 is 1.39 bits per heavy atom. The van der Waals surface area contributed by atoms with E-state index in [1.807, 2.05) is 6.92 Å². The van der Waals surface area contributed by atoms with Gasteiger partial charge in [-0.1, -0.05) is 13.8 Å². The molecule has 1 rings (SSSR count). The summed E-state index contributed by atoms with van der Waals surface area (Å²) in [6.07, 6.45) is 0. The van der Waals surface area contributed by atoms with Crippen LogP contribution in [0.4, 0.5) is 0 Å². The van der Waals surface area contributed by atoms with E-state index in [4.69, 9.17) is 0 Å². The number of nitrogens with one attached hydrogen (secondary N) is 2. The molecule has 2 atom stereocenters. The van der Waals surface area contributed by atoms with Crippen molar-refractivity contribution < 1.29 is 4.79 Å². The third-order valence-corrected chi connectivity index (χ3v) is 3.64. The van der Waals surface area contributed by atoms with Crippen LogP contribution in [-0.2, 0) is 4.79 Å². The predicted molar refractivity (Wildman–Crippen MR) is 74.6 cm³/mol. The van der Waals surface area contributed by atoms with Crippen molar-refractivity contribution in [1.29, 1.82) is 0 Å². The van der Waals surface area contributed by atoms with Crippen LogP contribution in [0, 0.1) is 5.92 Å². The molecule has 0 aromatic rings. The molecule has 2 unspecified atom stereocenters. The lowest BCUT2D eigenvalue weighted by Gasteiger charge is -2.37. The second-order valence-electron chi connectivity index (χ2n) is 5.35. The van der Waals surface area contributed by atoms with Crippen molar-refractivity contribution in [3.63, 3.8) is 0 Å². The van der Waals surface area contributed by atoms with Crippen molar-refractivity contribution in [3.8, 4) is 0 Å². The molecule has 2 N–H and O–H groups in total. The first-order valence-electron chi connectivity index (χ1n) is 6.91. The molecule has 0 spiro atoms. The van der Waals surface area contributed by atoms with Gasteiger partial charge >= 0.3 is 0 Å². The smallest absolute Gasteiger partial charge is 0.224 e. The minimum absolute atomic E-state index is 0.0385. The maximum atomic E-state index is 11.9. The van der Waals surface area contributed by atoms with E-state index in [-0.39, 0.29) is 11.8 Å². The maximum absolute atomic E-state index is 11.9. The van der Waals surface area contributed by atoms with E-state index in [1.54, 1.807) is 0 Å². The highest BCUT2D eigenvalue weighted by Crippen LogP contribution is 2.05. The Kier molecular flexibility index (Phi) is 6.60. The summed E-state index contributed by atoms with van der Waals surface area (Å²) in [5, 5.41) is 6.27. The largest absolute Gasteiger partial charge is 0.354 e. The van der Waals surface area contributed by atoms with E-state index in [9.17, 15) is 4.79 Å². The number of nitrogens with zero attached hydrogens (tertiary/aromatic N) is 2. The van der Waals surface area contributed by atoms with Crippen LogP contribution < -0.4 is 10.6 Å². The number of carbonyl (C=O) groups is 1. The van der Waals surface area contributed by atoms with E-state index in [1.165, 1.54) is 0 Å². The summed E-state index contributed by atoms with van der Waals surface area (Å²) in [6, 6.07) is 0.430. The summed E-state index contributed by atoms with van der Waals surface area (Å²) in [5.41, 5.74) is 0. The molecule has 1 aliphatic rings. The van der Waals surface area contributed by atoms with Crippen LogP contribution in [-0.4, -0.2) is 75.1 Å². The zero-order valence-electron chi connectivity index (χ0n) is 12.2. The van der Waals surface area contributed by atoms with Crippen molar-refractivity contribution >= 4 is 5.91 Å². The fourth-order valence-electron chi connectivity index (χ4n) is 2.17. The van der Waals surface area contributed by atoms with E-state index in [2.05, 4.69) is 41.5 Å². The summed E-state index contributed by atoms with van der Waals surface area (Å²) >= 11 is 0. The number of rotatable bonds is 6. The highest BCUT2D eigenvalue weighted by molar-refractivity contribution is 5.78. The summed E-state index contributed by atoms with van der Waals surface area (Å²) in [5.74, 6) is 0.189. The standard InChI is InChI=1S/C13H28N4O/c1-5-14-8-11(2)13(18)15-9-12-10-16(3)6-7-17(12)4/h11-12,14H,5-10H2,1-4H3,(H,15,18). The molecule has 0 aliphatic carbocycles. The van der Waals surface area contributed by atoms with Crippen molar-refractivity contribution in [2.75, 3.05) is 53.4 Å². The summed E-state index contributed by atoms with van der Waals surface area (Å²) in [4.78, 5) is 16.5. The van der Waals surface area contributed by atoms with Gasteiger partial charge in [0.2, 0.25) is 5.91 Å². The number of likely N-dealkylation sites (N-methyl/N-ethyl adjacent to an activating group) is 2. The first kappa shape index (κ1) is 15.4. The molecule has 1 amide bonds. The molecule has 0 aromatic heterocycles. The molecular formula is C13H28N4O. The Morgan fingerprint density at radius 2 is 2.11 bits per heavy atom. The fourth-order valence-corrected chi connectivity index (χ4v) is 2.17. The molecule has 1 aliphatic heterocycles. The highest BCUT2D eigenvalue weighted by atomic mass is 16.1. The summed E-state index contributed by atoms with van der Waals surface area (Å²) in [6.45, 7) is 9.64. The molecule has 0 aromatic carbocycles. The maximum Gasteiger partial charge on any atom is 0.224 e. The summed E-state index contributed by atoms with van der Waals surface area (Å²) in [7, 11) is 4.27. The second-order valence-corrected chi connectivity index (χ2v) is 5.35. The third-order valence-electron chi connectivity index (χ3n) is 3.64. The minimum Gasteiger partial charge on any atom is -0.354 e. The van der Waals surface area contributed by atoms with Crippen molar-refractivity contribution in [2.24, 2.45) is 5.92 Å². The van der Waals surface area contributed by atoms with Crippen LogP contribution in [0.1, 0.15) is 13.8 Å². The Bertz CT molecular complexity index is 259. The van der Waals surface area contributed by atoms with Crippen molar-refractivity contribution in [3.05, 3.63) is 0 Å². The Balaban J connectivity index is 2.28. The quantitative estimate of drug-likeness (QED) is 0.678. The molecule has 0 bridgehead atoms. The Hall–Kier alpha value is -0.650. The molecule has 1 saturated heterocycles. The molecule has 1 fully saturated rings. The van der Waals surface area contributed by atoms with Gasteiger partial charge in [-0.05, 0) is 20.6 Å². The number of hydrogen-bond donors (Lipinski definition) is 2. The second kappa shape index (κ2) is 7.71. The monoisotopic (exact) mass is 256 g/mol. The van der Waals surface area contributed by atoms with Gasteiger partial charge in [0.25, 0.3) is 0 Å². The first-order valence-corrected chi connectivity index (χ1v) is 6.91. The SMILES string of the molecule is CCNCC(C)C(=O)NCC1CN(C)CCN1C. The average molecular weight is 256 g/mol. The average Bonchev–Trinajstić information content (AvgIpc) is 2.36. The minimum atomic E-state index is 0.0385. The van der Waals surface area contributed by atoms with Gasteiger partial charge in [0.15, 0.2) is 0 Å². The first-order chi connectivity index (χ1) is 8.54. The lowest BCUT2D eigenvalue weighted by atomic mass is 10.1. The topological polar surface area (TPSA) is 47.6 Å². The fraction of sp³-hybridized carbons (Fsp3) is 0.923. The van der Waals surface area contributed by atoms with Gasteiger partial charge in [-0.25, -0.2) is 0 Å². The van der Waals surface area contributed by atoms with E-state index in [0.29, 0.717) is 6.04 Å². The lowest BCUT2D eigenvalue weighted by molar-refractivity contribution is -0.124. The molecule has 18 heavy (non-hydrogen) atoms. The van der Waals surface area contributed by atoms with Gasteiger partial charge in [0, 0.05) is 44.7 Å². The van der Waals surface area contributed by atoms with E-state index < -0.39 is 0 Å². The molecule has 0 radical (unpaired) electrons. The zero-order valence-corrected chi connectivity index (χ0v) is 12.2. The van der Waals surface area contributed by atoms with Crippen LogP contribution in [0.2, 0.25) is 0 Å². The van der Waals surface area contributed by atoms with E-state index in [0.717, 1.165) is 39.3 Å². The zero-order chi connectivity index (χ0) is 13.5. The Labute approximate surface area is 111 Å². The van der Waals surface area contributed by atoms with Gasteiger partial charge in [-0.15, -0.1) is 0 Å². The van der Waals surface area contributed by atoms with E-state index >= 15 is 0 Å². The third kappa shape index (κ3) is 4.92. The molecular weight excluding hydrogens is 228 g/mol. The molecule has 106 valence electrons. The van der Waals surface area contributed by atoms with Gasteiger partial charge in [-0.2, -0.15) is 0 Å². The van der Waals surface area contributed by atoms with Crippen LogP contribution in [0.25, 0.3) is 0 Å². The van der Waals surface area contributed by atoms with Gasteiger partial charge in [-0.3, -0.25) is 9.69 Å². The van der Waals surface area contributed by atoms with Gasteiger partial charge < -0.3 is 15.5 Å². The lowest BCUT2D eigenvalue weighted by Crippen LogP contribution is -2.54. The van der Waals surface area contributed by atoms with Crippen LogP contribution >= 0.6 is 0 Å². The van der Waals surface area contributed by atoms with Crippen molar-refractivity contribution in [2.45, 2.75) is 19.9 Å². The summed E-state index contributed by atoms with van der Waals surface area (Å²) < 4.78 is 0. The normalized spacial score (nSPS) is 23.9. The molecule has 1 heterocycles. The van der Waals surface area contributed by atoms with Gasteiger partial charge in [0.05, 0.1) is 0 Å². The van der Waals surface area contributed by atoms with Crippen LogP contribution in [0.3, 0.4) is 0 Å². The van der Waals surface area contributed by atoms with Crippen LogP contribution in [0.5, 0.6) is 0 Å². The predicted octanol–water partition coefficient (Wildman–Crippen LogP) is -0.406.